The average Bonchev–Trinajstić information content (AvgIpc) is 2.88. The fourth-order valence-electron chi connectivity index (χ4n) is 2.82. The molecule has 0 aliphatic carbocycles. The van der Waals surface area contributed by atoms with Gasteiger partial charge in [-0.05, 0) is 38.8 Å². The molecule has 128 valence electrons. The Bertz CT molecular complexity index is 676. The lowest BCUT2D eigenvalue weighted by Crippen LogP contribution is -2.37. The average molecular weight is 345 g/mol. The largest absolute Gasteiger partial charge is 0.411 e. The van der Waals surface area contributed by atoms with Crippen LogP contribution in [0.1, 0.15) is 38.2 Å². The Morgan fingerprint density at radius 1 is 1.12 bits per heavy atom. The molecule has 1 aromatic heterocycles. The minimum absolute atomic E-state index is 0.164. The third-order valence-electron chi connectivity index (χ3n) is 4.25. The molecule has 1 saturated heterocycles. The Hall–Kier alpha value is -1.82. The Morgan fingerprint density at radius 3 is 2.46 bits per heavy atom. The zero-order chi connectivity index (χ0) is 16.9. The molecule has 1 amide bonds. The van der Waals surface area contributed by atoms with E-state index in [4.69, 9.17) is 4.42 Å². The SMILES string of the molecule is Cc1ccc(-c2nnc(SC(C)C(=O)N3CCCCCC3)o2)cc1. The first-order chi connectivity index (χ1) is 11.6. The topological polar surface area (TPSA) is 59.2 Å². The molecule has 1 unspecified atom stereocenters. The summed E-state index contributed by atoms with van der Waals surface area (Å²) in [7, 11) is 0. The number of hydrogen-bond acceptors (Lipinski definition) is 5. The monoisotopic (exact) mass is 345 g/mol. The fraction of sp³-hybridized carbons (Fsp3) is 0.500. The number of carbonyl (C=O) groups excluding carboxylic acids is 1. The zero-order valence-electron chi connectivity index (χ0n) is 14.2. The van der Waals surface area contributed by atoms with Crippen molar-refractivity contribution >= 4 is 17.7 Å². The van der Waals surface area contributed by atoms with Crippen LogP contribution in [0.25, 0.3) is 11.5 Å². The van der Waals surface area contributed by atoms with Crippen molar-refractivity contribution in [3.05, 3.63) is 29.8 Å². The number of rotatable bonds is 4. The van der Waals surface area contributed by atoms with Gasteiger partial charge in [-0.3, -0.25) is 4.79 Å². The summed E-state index contributed by atoms with van der Waals surface area (Å²) in [6.07, 6.45) is 4.63. The summed E-state index contributed by atoms with van der Waals surface area (Å²) in [5, 5.41) is 8.40. The number of benzene rings is 1. The molecule has 1 aliphatic rings. The van der Waals surface area contributed by atoms with Gasteiger partial charge in [0.05, 0.1) is 5.25 Å². The first-order valence-corrected chi connectivity index (χ1v) is 9.37. The molecule has 0 spiro atoms. The number of nitrogens with zero attached hydrogens (tertiary/aromatic N) is 3. The summed E-state index contributed by atoms with van der Waals surface area (Å²) in [6, 6.07) is 7.95. The van der Waals surface area contributed by atoms with E-state index in [0.717, 1.165) is 31.5 Å². The predicted octanol–water partition coefficient (Wildman–Crippen LogP) is 3.93. The molecule has 6 heteroatoms. The first-order valence-electron chi connectivity index (χ1n) is 8.49. The lowest BCUT2D eigenvalue weighted by molar-refractivity contribution is -0.130. The molecular weight excluding hydrogens is 322 g/mol. The Balaban J connectivity index is 1.63. The summed E-state index contributed by atoms with van der Waals surface area (Å²) in [5.41, 5.74) is 2.08. The number of carbonyl (C=O) groups is 1. The third kappa shape index (κ3) is 4.17. The lowest BCUT2D eigenvalue weighted by Gasteiger charge is -2.23. The van der Waals surface area contributed by atoms with Crippen LogP contribution in [-0.4, -0.2) is 39.3 Å². The highest BCUT2D eigenvalue weighted by atomic mass is 32.2. The molecule has 1 aromatic carbocycles. The molecule has 5 nitrogen and oxygen atoms in total. The summed E-state index contributed by atoms with van der Waals surface area (Å²) < 4.78 is 5.71. The molecule has 24 heavy (non-hydrogen) atoms. The van der Waals surface area contributed by atoms with E-state index in [1.165, 1.54) is 30.2 Å². The van der Waals surface area contributed by atoms with E-state index in [9.17, 15) is 4.79 Å². The van der Waals surface area contributed by atoms with Gasteiger partial charge in [-0.25, -0.2) is 0 Å². The number of amides is 1. The second kappa shape index (κ2) is 7.83. The fourth-order valence-corrected chi connectivity index (χ4v) is 3.59. The van der Waals surface area contributed by atoms with Crippen LogP contribution in [0, 0.1) is 6.92 Å². The molecule has 3 rings (SSSR count). The highest BCUT2D eigenvalue weighted by Gasteiger charge is 2.24. The second-order valence-corrected chi connectivity index (χ2v) is 7.53. The van der Waals surface area contributed by atoms with Crippen LogP contribution in [0.2, 0.25) is 0 Å². The third-order valence-corrected chi connectivity index (χ3v) is 5.17. The molecule has 0 N–H and O–H groups in total. The van der Waals surface area contributed by atoms with Crippen LogP contribution in [-0.2, 0) is 4.79 Å². The van der Waals surface area contributed by atoms with E-state index in [1.807, 2.05) is 43.0 Å². The molecule has 1 aliphatic heterocycles. The Kier molecular flexibility index (Phi) is 5.56. The maximum absolute atomic E-state index is 12.6. The van der Waals surface area contributed by atoms with Crippen LogP contribution < -0.4 is 0 Å². The van der Waals surface area contributed by atoms with E-state index in [1.54, 1.807) is 0 Å². The van der Waals surface area contributed by atoms with Gasteiger partial charge in [0.2, 0.25) is 11.8 Å². The number of thioether (sulfide) groups is 1. The standard InChI is InChI=1S/C18H23N3O2S/c1-13-7-9-15(10-8-13)16-19-20-18(23-16)24-14(2)17(22)21-11-5-3-4-6-12-21/h7-10,14H,3-6,11-12H2,1-2H3. The van der Waals surface area contributed by atoms with Gasteiger partial charge in [0.25, 0.3) is 5.22 Å². The number of hydrogen-bond donors (Lipinski definition) is 0. The van der Waals surface area contributed by atoms with Crippen molar-refractivity contribution in [1.82, 2.24) is 15.1 Å². The van der Waals surface area contributed by atoms with E-state index < -0.39 is 0 Å². The Morgan fingerprint density at radius 2 is 1.79 bits per heavy atom. The van der Waals surface area contributed by atoms with Crippen molar-refractivity contribution in [2.24, 2.45) is 0 Å². The van der Waals surface area contributed by atoms with Crippen LogP contribution >= 0.6 is 11.8 Å². The van der Waals surface area contributed by atoms with Gasteiger partial charge >= 0.3 is 0 Å². The van der Waals surface area contributed by atoms with Crippen molar-refractivity contribution < 1.29 is 9.21 Å². The molecule has 0 radical (unpaired) electrons. The summed E-state index contributed by atoms with van der Waals surface area (Å²) >= 11 is 1.34. The van der Waals surface area contributed by atoms with Gasteiger partial charge < -0.3 is 9.32 Å². The number of likely N-dealkylation sites (tertiary alicyclic amines) is 1. The molecule has 1 atom stereocenters. The van der Waals surface area contributed by atoms with Crippen molar-refractivity contribution in [2.45, 2.75) is 50.0 Å². The summed E-state index contributed by atoms with van der Waals surface area (Å²) in [4.78, 5) is 14.6. The van der Waals surface area contributed by atoms with E-state index in [-0.39, 0.29) is 11.2 Å². The van der Waals surface area contributed by atoms with Gasteiger partial charge in [0.1, 0.15) is 0 Å². The van der Waals surface area contributed by atoms with Crippen molar-refractivity contribution in [2.75, 3.05) is 13.1 Å². The van der Waals surface area contributed by atoms with E-state index in [0.29, 0.717) is 11.1 Å². The maximum atomic E-state index is 12.6. The van der Waals surface area contributed by atoms with Crippen LogP contribution in [0.15, 0.2) is 33.9 Å². The van der Waals surface area contributed by atoms with Crippen LogP contribution in [0.4, 0.5) is 0 Å². The molecular formula is C18H23N3O2S. The highest BCUT2D eigenvalue weighted by Crippen LogP contribution is 2.27. The van der Waals surface area contributed by atoms with Gasteiger partial charge in [-0.1, -0.05) is 42.3 Å². The van der Waals surface area contributed by atoms with E-state index in [2.05, 4.69) is 10.2 Å². The van der Waals surface area contributed by atoms with Gasteiger partial charge in [0, 0.05) is 18.7 Å². The molecule has 2 heterocycles. The Labute approximate surface area is 146 Å². The summed E-state index contributed by atoms with van der Waals surface area (Å²) in [6.45, 7) is 5.67. The first kappa shape index (κ1) is 17.0. The molecule has 1 fully saturated rings. The maximum Gasteiger partial charge on any atom is 0.277 e. The predicted molar refractivity (Wildman–Crippen MR) is 94.8 cm³/mol. The minimum atomic E-state index is -0.214. The quantitative estimate of drug-likeness (QED) is 0.786. The number of aryl methyl sites for hydroxylation is 1. The zero-order valence-corrected chi connectivity index (χ0v) is 15.0. The van der Waals surface area contributed by atoms with Gasteiger partial charge in [0.15, 0.2) is 0 Å². The van der Waals surface area contributed by atoms with Crippen molar-refractivity contribution in [1.29, 1.82) is 0 Å². The highest BCUT2D eigenvalue weighted by molar-refractivity contribution is 8.00. The summed E-state index contributed by atoms with van der Waals surface area (Å²) in [5.74, 6) is 0.656. The molecule has 2 aromatic rings. The molecule has 0 saturated carbocycles. The second-order valence-electron chi connectivity index (χ2n) is 6.24. The van der Waals surface area contributed by atoms with Gasteiger partial charge in [-0.15, -0.1) is 10.2 Å². The molecule has 0 bridgehead atoms. The lowest BCUT2D eigenvalue weighted by atomic mass is 10.1. The normalized spacial score (nSPS) is 16.7. The van der Waals surface area contributed by atoms with Crippen LogP contribution in [0.3, 0.4) is 0 Å². The van der Waals surface area contributed by atoms with Crippen molar-refractivity contribution in [3.8, 4) is 11.5 Å². The van der Waals surface area contributed by atoms with Gasteiger partial charge in [-0.2, -0.15) is 0 Å². The van der Waals surface area contributed by atoms with Crippen molar-refractivity contribution in [3.63, 3.8) is 0 Å². The van der Waals surface area contributed by atoms with E-state index >= 15 is 0 Å². The van der Waals surface area contributed by atoms with Crippen LogP contribution in [0.5, 0.6) is 0 Å². The number of aromatic nitrogens is 2. The smallest absolute Gasteiger partial charge is 0.277 e. The minimum Gasteiger partial charge on any atom is -0.411 e.